The number of amides is 1. The topological polar surface area (TPSA) is 46.1 Å². The fourth-order valence-electron chi connectivity index (χ4n) is 4.69. The van der Waals surface area contributed by atoms with Crippen LogP contribution in [0.3, 0.4) is 0 Å². The predicted octanol–water partition coefficient (Wildman–Crippen LogP) is 4.68. The Hall–Kier alpha value is -3.53. The van der Waals surface area contributed by atoms with Crippen LogP contribution in [-0.2, 0) is 24.1 Å². The van der Waals surface area contributed by atoms with Gasteiger partial charge in [-0.2, -0.15) is 0 Å². The van der Waals surface area contributed by atoms with Gasteiger partial charge in [-0.25, -0.2) is 0 Å². The molecule has 3 heterocycles. The molecule has 4 heteroatoms. The van der Waals surface area contributed by atoms with Crippen LogP contribution in [0.4, 0.5) is 5.69 Å². The monoisotopic (exact) mass is 393 g/mol. The third kappa shape index (κ3) is 3.57. The van der Waals surface area contributed by atoms with Crippen molar-refractivity contribution in [1.82, 2.24) is 9.97 Å². The predicted molar refractivity (Wildman–Crippen MR) is 118 cm³/mol. The van der Waals surface area contributed by atoms with Crippen molar-refractivity contribution in [3.05, 3.63) is 114 Å². The Kier molecular flexibility index (Phi) is 4.75. The maximum atomic E-state index is 12.9. The molecule has 1 aliphatic carbocycles. The number of para-hydroxylation sites is 1. The van der Waals surface area contributed by atoms with E-state index in [1.165, 1.54) is 11.1 Å². The van der Waals surface area contributed by atoms with Crippen LogP contribution < -0.4 is 4.90 Å². The smallest absolute Gasteiger partial charge is 0.235 e. The van der Waals surface area contributed by atoms with Crippen LogP contribution in [0.25, 0.3) is 0 Å². The molecular weight excluding hydrogens is 370 g/mol. The van der Waals surface area contributed by atoms with E-state index in [0.29, 0.717) is 6.42 Å². The summed E-state index contributed by atoms with van der Waals surface area (Å²) < 4.78 is 0. The zero-order chi connectivity index (χ0) is 20.4. The average molecular weight is 393 g/mol. The normalized spacial score (nSPS) is 17.0. The lowest BCUT2D eigenvalue weighted by atomic mass is 9.71. The van der Waals surface area contributed by atoms with Gasteiger partial charge in [-0.1, -0.05) is 42.5 Å². The molecule has 0 saturated heterocycles. The minimum atomic E-state index is -0.145. The molecule has 0 N–H and O–H groups in total. The average Bonchev–Trinajstić information content (AvgIpc) is 3.11. The summed E-state index contributed by atoms with van der Waals surface area (Å²) in [6.45, 7) is 0. The number of anilines is 1. The number of hydrogen-bond acceptors (Lipinski definition) is 3. The molecule has 148 valence electrons. The first-order valence-corrected chi connectivity index (χ1v) is 10.3. The van der Waals surface area contributed by atoms with Gasteiger partial charge in [0.05, 0.1) is 12.1 Å². The van der Waals surface area contributed by atoms with Crippen LogP contribution in [0, 0.1) is 5.41 Å². The Morgan fingerprint density at radius 2 is 1.60 bits per heavy atom. The summed E-state index contributed by atoms with van der Waals surface area (Å²) in [7, 11) is 0. The van der Waals surface area contributed by atoms with E-state index in [2.05, 4.69) is 40.3 Å². The van der Waals surface area contributed by atoms with Gasteiger partial charge in [0.15, 0.2) is 0 Å². The van der Waals surface area contributed by atoms with Crippen molar-refractivity contribution in [1.29, 1.82) is 0 Å². The fraction of sp³-hybridized carbons (Fsp3) is 0.192. The first kappa shape index (κ1) is 18.5. The molecule has 3 aromatic rings. The molecule has 2 aromatic heterocycles. The first-order chi connectivity index (χ1) is 14.7. The summed E-state index contributed by atoms with van der Waals surface area (Å²) >= 11 is 0. The highest BCUT2D eigenvalue weighted by atomic mass is 16.2. The Morgan fingerprint density at radius 1 is 0.900 bits per heavy atom. The van der Waals surface area contributed by atoms with Crippen molar-refractivity contribution in [2.45, 2.75) is 25.7 Å². The number of hydrogen-bond donors (Lipinski definition) is 0. The summed E-state index contributed by atoms with van der Waals surface area (Å²) in [5.41, 5.74) is 5.42. The van der Waals surface area contributed by atoms with E-state index in [-0.39, 0.29) is 11.3 Å². The molecule has 5 rings (SSSR count). The SMILES string of the molecule is O=C1Cc2ccccc2N1C1=CC=CC(Cc2cccnc2)(Cc2cccnc2)C1. The highest BCUT2D eigenvalue weighted by molar-refractivity contribution is 6.04. The lowest BCUT2D eigenvalue weighted by Gasteiger charge is -2.36. The summed E-state index contributed by atoms with van der Waals surface area (Å²) in [6.07, 6.45) is 16.9. The van der Waals surface area contributed by atoms with Crippen LogP contribution in [0.1, 0.15) is 23.1 Å². The Labute approximate surface area is 176 Å². The van der Waals surface area contributed by atoms with E-state index in [0.717, 1.165) is 36.2 Å². The molecule has 1 aliphatic heterocycles. The molecule has 0 saturated carbocycles. The van der Waals surface area contributed by atoms with Crippen molar-refractivity contribution < 1.29 is 4.79 Å². The molecule has 1 amide bonds. The van der Waals surface area contributed by atoms with E-state index in [9.17, 15) is 4.79 Å². The summed E-state index contributed by atoms with van der Waals surface area (Å²) in [6, 6.07) is 16.3. The quantitative estimate of drug-likeness (QED) is 0.632. The van der Waals surface area contributed by atoms with Gasteiger partial charge in [0, 0.05) is 35.9 Å². The van der Waals surface area contributed by atoms with Gasteiger partial charge in [0.25, 0.3) is 0 Å². The lowest BCUT2D eigenvalue weighted by molar-refractivity contribution is -0.117. The molecule has 4 nitrogen and oxygen atoms in total. The minimum Gasteiger partial charge on any atom is -0.284 e. The van der Waals surface area contributed by atoms with E-state index < -0.39 is 0 Å². The van der Waals surface area contributed by atoms with Gasteiger partial charge in [0.1, 0.15) is 0 Å². The third-order valence-corrected chi connectivity index (χ3v) is 5.94. The van der Waals surface area contributed by atoms with Gasteiger partial charge in [-0.05, 0) is 60.2 Å². The fourth-order valence-corrected chi connectivity index (χ4v) is 4.69. The van der Waals surface area contributed by atoms with Crippen LogP contribution in [-0.4, -0.2) is 15.9 Å². The van der Waals surface area contributed by atoms with Gasteiger partial charge < -0.3 is 0 Å². The number of carbonyl (C=O) groups excluding carboxylic acids is 1. The maximum absolute atomic E-state index is 12.9. The number of pyridine rings is 2. The van der Waals surface area contributed by atoms with E-state index in [1.807, 2.05) is 53.7 Å². The van der Waals surface area contributed by atoms with Crippen molar-refractivity contribution in [2.24, 2.45) is 5.41 Å². The molecule has 0 bridgehead atoms. The Morgan fingerprint density at radius 3 is 2.27 bits per heavy atom. The molecular formula is C26H23N3O. The maximum Gasteiger partial charge on any atom is 0.235 e. The first-order valence-electron chi connectivity index (χ1n) is 10.3. The van der Waals surface area contributed by atoms with Crippen LogP contribution in [0.15, 0.2) is 97.2 Å². The number of benzene rings is 1. The van der Waals surface area contributed by atoms with Crippen LogP contribution in [0.5, 0.6) is 0 Å². The van der Waals surface area contributed by atoms with Gasteiger partial charge in [0.2, 0.25) is 5.91 Å². The number of carbonyl (C=O) groups is 1. The van der Waals surface area contributed by atoms with E-state index in [4.69, 9.17) is 0 Å². The Balaban J connectivity index is 1.50. The largest absolute Gasteiger partial charge is 0.284 e. The number of allylic oxidation sites excluding steroid dienone is 4. The molecule has 0 fully saturated rings. The van der Waals surface area contributed by atoms with E-state index >= 15 is 0 Å². The number of nitrogens with zero attached hydrogens (tertiary/aromatic N) is 3. The second kappa shape index (κ2) is 7.71. The van der Waals surface area contributed by atoms with Crippen molar-refractivity contribution in [3.63, 3.8) is 0 Å². The zero-order valence-electron chi connectivity index (χ0n) is 16.7. The zero-order valence-corrected chi connectivity index (χ0v) is 16.7. The molecule has 0 unspecified atom stereocenters. The number of aromatic nitrogens is 2. The highest BCUT2D eigenvalue weighted by Crippen LogP contribution is 2.42. The van der Waals surface area contributed by atoms with Gasteiger partial charge in [-0.3, -0.25) is 19.7 Å². The minimum absolute atomic E-state index is 0.145. The van der Waals surface area contributed by atoms with Gasteiger partial charge in [-0.15, -0.1) is 0 Å². The summed E-state index contributed by atoms with van der Waals surface area (Å²) in [5, 5.41) is 0. The Bertz CT molecular complexity index is 1080. The van der Waals surface area contributed by atoms with Crippen LogP contribution in [0.2, 0.25) is 0 Å². The number of rotatable bonds is 5. The second-order valence-electron chi connectivity index (χ2n) is 8.17. The van der Waals surface area contributed by atoms with Crippen LogP contribution >= 0.6 is 0 Å². The summed E-state index contributed by atoms with van der Waals surface area (Å²) in [4.78, 5) is 23.4. The van der Waals surface area contributed by atoms with Crippen molar-refractivity contribution in [3.8, 4) is 0 Å². The standard InChI is InChI=1S/C26H23N3O/c30-25-14-22-8-1-2-10-24(22)29(25)23-9-3-11-26(17-23,15-20-6-4-12-27-18-20)16-21-7-5-13-28-19-21/h1-13,18-19H,14-17H2. The number of fused-ring (bicyclic) bond motifs is 1. The van der Waals surface area contributed by atoms with Crippen molar-refractivity contribution in [2.75, 3.05) is 4.90 Å². The molecule has 1 aromatic carbocycles. The molecule has 0 atom stereocenters. The molecule has 2 aliphatic rings. The molecule has 0 radical (unpaired) electrons. The molecule has 0 spiro atoms. The lowest BCUT2D eigenvalue weighted by Crippen LogP contribution is -2.34. The highest BCUT2D eigenvalue weighted by Gasteiger charge is 2.37. The third-order valence-electron chi connectivity index (χ3n) is 5.94. The molecule has 30 heavy (non-hydrogen) atoms. The van der Waals surface area contributed by atoms with Crippen molar-refractivity contribution >= 4 is 11.6 Å². The van der Waals surface area contributed by atoms with Gasteiger partial charge >= 0.3 is 0 Å². The summed E-state index contributed by atoms with van der Waals surface area (Å²) in [5.74, 6) is 0.148. The second-order valence-corrected chi connectivity index (χ2v) is 8.17. The van der Waals surface area contributed by atoms with E-state index in [1.54, 1.807) is 12.4 Å².